The monoisotopic (exact) mass is 289 g/mol. The lowest BCUT2D eigenvalue weighted by molar-refractivity contribution is 0.192. The molecule has 1 aliphatic rings. The van der Waals surface area contributed by atoms with E-state index in [1.165, 1.54) is 0 Å². The van der Waals surface area contributed by atoms with Gasteiger partial charge in [0.2, 0.25) is 0 Å². The highest BCUT2D eigenvalue weighted by molar-refractivity contribution is 5.08. The number of fused-ring (bicyclic) bond motifs is 1. The first-order chi connectivity index (χ1) is 9.99. The Labute approximate surface area is 125 Å². The summed E-state index contributed by atoms with van der Waals surface area (Å²) < 4.78 is 8.01. The van der Waals surface area contributed by atoms with Gasteiger partial charge in [-0.1, -0.05) is 0 Å². The molecule has 0 saturated heterocycles. The van der Waals surface area contributed by atoms with Crippen LogP contribution in [0.5, 0.6) is 0 Å². The van der Waals surface area contributed by atoms with Crippen LogP contribution in [0, 0.1) is 0 Å². The van der Waals surface area contributed by atoms with Crippen LogP contribution in [0.25, 0.3) is 0 Å². The van der Waals surface area contributed by atoms with E-state index in [0.717, 1.165) is 50.1 Å². The van der Waals surface area contributed by atoms with Crippen molar-refractivity contribution in [3.05, 3.63) is 35.8 Å². The Hall–Kier alpha value is -1.66. The molecule has 3 rings (SSSR count). The highest BCUT2D eigenvalue weighted by Gasteiger charge is 2.18. The van der Waals surface area contributed by atoms with E-state index in [4.69, 9.17) is 4.42 Å². The number of nitrogens with zero attached hydrogens (tertiary/aromatic N) is 4. The van der Waals surface area contributed by atoms with Crippen LogP contribution in [-0.2, 0) is 26.2 Å². The van der Waals surface area contributed by atoms with Crippen molar-refractivity contribution in [2.24, 2.45) is 0 Å². The summed E-state index contributed by atoms with van der Waals surface area (Å²) in [5.74, 6) is 3.02. The van der Waals surface area contributed by atoms with Crippen molar-refractivity contribution in [3.8, 4) is 0 Å². The first-order valence-corrected chi connectivity index (χ1v) is 7.41. The molecule has 0 fully saturated rings. The van der Waals surface area contributed by atoms with Crippen LogP contribution in [0.15, 0.2) is 22.9 Å². The minimum Gasteiger partial charge on any atom is -0.463 e. The number of furan rings is 1. The van der Waals surface area contributed by atoms with E-state index < -0.39 is 0 Å². The fraction of sp³-hybridized carbons (Fsp3) is 0.600. The molecule has 21 heavy (non-hydrogen) atoms. The van der Waals surface area contributed by atoms with Crippen molar-refractivity contribution in [2.75, 3.05) is 6.54 Å². The minimum absolute atomic E-state index is 0.101. The SMILES string of the molecule is CC(C)(C)NCc1ccc(CN2CCn3cnnc3C2)o1. The Bertz CT molecular complexity index is 595. The van der Waals surface area contributed by atoms with Gasteiger partial charge in [0.05, 0.1) is 19.6 Å². The lowest BCUT2D eigenvalue weighted by Gasteiger charge is -2.25. The lowest BCUT2D eigenvalue weighted by atomic mass is 10.1. The number of nitrogens with one attached hydrogen (secondary N) is 1. The highest BCUT2D eigenvalue weighted by atomic mass is 16.3. The predicted molar refractivity (Wildman–Crippen MR) is 79.4 cm³/mol. The van der Waals surface area contributed by atoms with Crippen LogP contribution in [-0.4, -0.2) is 31.7 Å². The van der Waals surface area contributed by atoms with Crippen LogP contribution in [0.1, 0.15) is 38.1 Å². The molecule has 0 atom stereocenters. The number of aromatic nitrogens is 3. The summed E-state index contributed by atoms with van der Waals surface area (Å²) in [6.45, 7) is 10.8. The van der Waals surface area contributed by atoms with E-state index in [1.807, 2.05) is 0 Å². The highest BCUT2D eigenvalue weighted by Crippen LogP contribution is 2.16. The molecule has 1 aliphatic heterocycles. The third kappa shape index (κ3) is 3.71. The molecule has 114 valence electrons. The molecule has 0 bridgehead atoms. The Balaban J connectivity index is 1.56. The average molecular weight is 289 g/mol. The van der Waals surface area contributed by atoms with E-state index in [1.54, 1.807) is 6.33 Å². The van der Waals surface area contributed by atoms with Crippen molar-refractivity contribution < 1.29 is 4.42 Å². The number of hydrogen-bond acceptors (Lipinski definition) is 5. The number of rotatable bonds is 4. The van der Waals surface area contributed by atoms with E-state index in [0.29, 0.717) is 0 Å². The topological polar surface area (TPSA) is 59.1 Å². The van der Waals surface area contributed by atoms with Crippen LogP contribution >= 0.6 is 0 Å². The van der Waals surface area contributed by atoms with Gasteiger partial charge in [0.1, 0.15) is 23.7 Å². The fourth-order valence-corrected chi connectivity index (χ4v) is 2.43. The molecule has 2 aromatic rings. The van der Waals surface area contributed by atoms with Crippen LogP contribution in [0.2, 0.25) is 0 Å². The normalized spacial score (nSPS) is 16.1. The third-order valence-corrected chi connectivity index (χ3v) is 3.61. The molecule has 0 aromatic carbocycles. The van der Waals surface area contributed by atoms with Gasteiger partial charge in [-0.3, -0.25) is 4.90 Å². The molecule has 0 saturated carbocycles. The molecular weight excluding hydrogens is 266 g/mol. The van der Waals surface area contributed by atoms with Crippen molar-refractivity contribution in [3.63, 3.8) is 0 Å². The van der Waals surface area contributed by atoms with Gasteiger partial charge in [-0.05, 0) is 32.9 Å². The van der Waals surface area contributed by atoms with E-state index in [2.05, 4.69) is 57.9 Å². The van der Waals surface area contributed by atoms with Crippen molar-refractivity contribution in [1.82, 2.24) is 25.0 Å². The minimum atomic E-state index is 0.101. The standard InChI is InChI=1S/C15H23N5O/c1-15(2,3)16-8-12-4-5-13(21-12)9-19-6-7-20-11-17-18-14(20)10-19/h4-5,11,16H,6-10H2,1-3H3. The summed E-state index contributed by atoms with van der Waals surface area (Å²) in [6, 6.07) is 4.12. The van der Waals surface area contributed by atoms with Crippen LogP contribution in [0.4, 0.5) is 0 Å². The van der Waals surface area contributed by atoms with Crippen molar-refractivity contribution in [1.29, 1.82) is 0 Å². The van der Waals surface area contributed by atoms with Gasteiger partial charge in [-0.25, -0.2) is 0 Å². The van der Waals surface area contributed by atoms with Crippen LogP contribution < -0.4 is 5.32 Å². The summed E-state index contributed by atoms with van der Waals surface area (Å²) in [5, 5.41) is 11.5. The zero-order valence-corrected chi connectivity index (χ0v) is 13.0. The third-order valence-electron chi connectivity index (χ3n) is 3.61. The lowest BCUT2D eigenvalue weighted by Crippen LogP contribution is -2.35. The second-order valence-corrected chi connectivity index (χ2v) is 6.62. The second kappa shape index (κ2) is 5.61. The molecular formula is C15H23N5O. The first kappa shape index (κ1) is 14.3. The maximum atomic E-state index is 5.90. The Morgan fingerprint density at radius 2 is 2.05 bits per heavy atom. The van der Waals surface area contributed by atoms with Gasteiger partial charge in [0, 0.05) is 18.6 Å². The summed E-state index contributed by atoms with van der Waals surface area (Å²) in [6.07, 6.45) is 1.80. The van der Waals surface area contributed by atoms with Gasteiger partial charge >= 0.3 is 0 Å². The van der Waals surface area contributed by atoms with Crippen LogP contribution in [0.3, 0.4) is 0 Å². The van der Waals surface area contributed by atoms with Gasteiger partial charge in [0.15, 0.2) is 0 Å². The molecule has 6 nitrogen and oxygen atoms in total. The molecule has 3 heterocycles. The Morgan fingerprint density at radius 1 is 1.24 bits per heavy atom. The smallest absolute Gasteiger partial charge is 0.147 e. The summed E-state index contributed by atoms with van der Waals surface area (Å²) in [4.78, 5) is 2.34. The van der Waals surface area contributed by atoms with Gasteiger partial charge in [-0.2, -0.15) is 0 Å². The molecule has 0 amide bonds. The van der Waals surface area contributed by atoms with E-state index >= 15 is 0 Å². The van der Waals surface area contributed by atoms with Gasteiger partial charge in [-0.15, -0.1) is 10.2 Å². The van der Waals surface area contributed by atoms with Gasteiger partial charge < -0.3 is 14.3 Å². The molecule has 0 unspecified atom stereocenters. The second-order valence-electron chi connectivity index (χ2n) is 6.62. The molecule has 0 aliphatic carbocycles. The quantitative estimate of drug-likeness (QED) is 0.929. The molecule has 0 spiro atoms. The summed E-state index contributed by atoms with van der Waals surface area (Å²) in [5.41, 5.74) is 0.101. The Morgan fingerprint density at radius 3 is 2.86 bits per heavy atom. The maximum Gasteiger partial charge on any atom is 0.147 e. The summed E-state index contributed by atoms with van der Waals surface area (Å²) >= 11 is 0. The van der Waals surface area contributed by atoms with Crippen molar-refractivity contribution in [2.45, 2.75) is 52.5 Å². The largest absolute Gasteiger partial charge is 0.463 e. The zero-order chi connectivity index (χ0) is 14.9. The first-order valence-electron chi connectivity index (χ1n) is 7.41. The molecule has 0 radical (unpaired) electrons. The molecule has 2 aromatic heterocycles. The fourth-order valence-electron chi connectivity index (χ4n) is 2.43. The summed E-state index contributed by atoms with van der Waals surface area (Å²) in [7, 11) is 0. The average Bonchev–Trinajstić information content (AvgIpc) is 3.04. The Kier molecular flexibility index (Phi) is 3.82. The predicted octanol–water partition coefficient (Wildman–Crippen LogP) is 1.77. The van der Waals surface area contributed by atoms with E-state index in [-0.39, 0.29) is 5.54 Å². The van der Waals surface area contributed by atoms with E-state index in [9.17, 15) is 0 Å². The maximum absolute atomic E-state index is 5.90. The molecule has 1 N–H and O–H groups in total. The van der Waals surface area contributed by atoms with Gasteiger partial charge in [0.25, 0.3) is 0 Å². The molecule has 6 heteroatoms. The zero-order valence-electron chi connectivity index (χ0n) is 13.0. The number of hydrogen-bond donors (Lipinski definition) is 1. The van der Waals surface area contributed by atoms with Crippen molar-refractivity contribution >= 4 is 0 Å².